The molecule has 1 atom stereocenters. The second-order valence-electron chi connectivity index (χ2n) is 5.28. The Hall–Kier alpha value is -2.14. The minimum Gasteiger partial charge on any atom is -0.472 e. The molecule has 5 heteroatoms. The standard InChI is InChI=1S/C15H16N4O/c1-10-7-14(11-4-6-20-9-11)19-15(17-10)8-13(18-19)12-3-2-5-16-12/h4,6-9,12,16H,2-3,5H2,1H3. The Kier molecular flexibility index (Phi) is 2.60. The van der Waals surface area contributed by atoms with Crippen molar-refractivity contribution in [2.75, 3.05) is 6.54 Å². The fraction of sp³-hybridized carbons (Fsp3) is 0.333. The molecular formula is C15H16N4O. The molecule has 1 aliphatic rings. The summed E-state index contributed by atoms with van der Waals surface area (Å²) in [4.78, 5) is 4.58. The normalized spacial score (nSPS) is 18.9. The molecule has 3 aromatic rings. The molecule has 0 aromatic carbocycles. The summed E-state index contributed by atoms with van der Waals surface area (Å²) in [6.07, 6.45) is 5.77. The van der Waals surface area contributed by atoms with Gasteiger partial charge >= 0.3 is 0 Å². The van der Waals surface area contributed by atoms with Crippen LogP contribution in [0.3, 0.4) is 0 Å². The third-order valence-electron chi connectivity index (χ3n) is 3.81. The van der Waals surface area contributed by atoms with Crippen molar-refractivity contribution in [1.82, 2.24) is 19.9 Å². The first kappa shape index (κ1) is 11.7. The van der Waals surface area contributed by atoms with Crippen molar-refractivity contribution in [1.29, 1.82) is 0 Å². The zero-order valence-corrected chi connectivity index (χ0v) is 11.3. The first-order valence-electron chi connectivity index (χ1n) is 6.94. The lowest BCUT2D eigenvalue weighted by atomic mass is 10.2. The molecule has 3 aromatic heterocycles. The molecule has 102 valence electrons. The fourth-order valence-corrected chi connectivity index (χ4v) is 2.84. The molecule has 5 nitrogen and oxygen atoms in total. The van der Waals surface area contributed by atoms with Crippen molar-refractivity contribution in [3.05, 3.63) is 42.1 Å². The molecule has 0 saturated carbocycles. The van der Waals surface area contributed by atoms with E-state index in [1.165, 1.54) is 6.42 Å². The predicted molar refractivity (Wildman–Crippen MR) is 75.4 cm³/mol. The Morgan fingerprint density at radius 3 is 3.10 bits per heavy atom. The number of nitrogens with zero attached hydrogens (tertiary/aromatic N) is 3. The van der Waals surface area contributed by atoms with Crippen molar-refractivity contribution in [2.24, 2.45) is 0 Å². The van der Waals surface area contributed by atoms with Gasteiger partial charge in [-0.2, -0.15) is 5.10 Å². The van der Waals surface area contributed by atoms with Crippen LogP contribution in [0.2, 0.25) is 0 Å². The van der Waals surface area contributed by atoms with E-state index in [9.17, 15) is 0 Å². The summed E-state index contributed by atoms with van der Waals surface area (Å²) in [6.45, 7) is 3.07. The van der Waals surface area contributed by atoms with Gasteiger partial charge in [-0.05, 0) is 38.4 Å². The van der Waals surface area contributed by atoms with Crippen LogP contribution < -0.4 is 5.32 Å². The Labute approximate surface area is 116 Å². The fourth-order valence-electron chi connectivity index (χ4n) is 2.84. The third kappa shape index (κ3) is 1.82. The average Bonchev–Trinajstić information content (AvgIpc) is 3.18. The number of hydrogen-bond donors (Lipinski definition) is 1. The monoisotopic (exact) mass is 268 g/mol. The third-order valence-corrected chi connectivity index (χ3v) is 3.81. The molecular weight excluding hydrogens is 252 g/mol. The first-order valence-corrected chi connectivity index (χ1v) is 6.94. The molecule has 1 aliphatic heterocycles. The molecule has 0 aliphatic carbocycles. The minimum absolute atomic E-state index is 0.356. The number of aromatic nitrogens is 3. The highest BCUT2D eigenvalue weighted by Gasteiger charge is 2.20. The SMILES string of the molecule is Cc1cc(-c2ccoc2)n2nc(C3CCCN3)cc2n1. The van der Waals surface area contributed by atoms with Crippen LogP contribution >= 0.6 is 0 Å². The van der Waals surface area contributed by atoms with Crippen molar-refractivity contribution < 1.29 is 4.42 Å². The second kappa shape index (κ2) is 4.45. The Balaban J connectivity index is 1.90. The zero-order chi connectivity index (χ0) is 13.5. The molecule has 1 unspecified atom stereocenters. The van der Waals surface area contributed by atoms with Gasteiger partial charge in [-0.1, -0.05) is 0 Å². The van der Waals surface area contributed by atoms with Gasteiger partial charge in [0.15, 0.2) is 5.65 Å². The maximum absolute atomic E-state index is 5.19. The van der Waals surface area contributed by atoms with E-state index in [0.29, 0.717) is 6.04 Å². The van der Waals surface area contributed by atoms with E-state index in [2.05, 4.69) is 16.4 Å². The van der Waals surface area contributed by atoms with E-state index in [-0.39, 0.29) is 0 Å². The van der Waals surface area contributed by atoms with E-state index in [1.54, 1.807) is 12.5 Å². The summed E-state index contributed by atoms with van der Waals surface area (Å²) in [6, 6.07) is 6.42. The van der Waals surface area contributed by atoms with Gasteiger partial charge in [-0.25, -0.2) is 9.50 Å². The van der Waals surface area contributed by atoms with Crippen LogP contribution in [0.4, 0.5) is 0 Å². The van der Waals surface area contributed by atoms with E-state index in [4.69, 9.17) is 9.52 Å². The van der Waals surface area contributed by atoms with E-state index in [1.807, 2.05) is 23.6 Å². The number of furan rings is 1. The number of aryl methyl sites for hydroxylation is 1. The largest absolute Gasteiger partial charge is 0.472 e. The molecule has 1 N–H and O–H groups in total. The summed E-state index contributed by atoms with van der Waals surface area (Å²) in [5.74, 6) is 0. The van der Waals surface area contributed by atoms with Crippen LogP contribution in [0.5, 0.6) is 0 Å². The molecule has 4 heterocycles. The lowest BCUT2D eigenvalue weighted by molar-refractivity contribution is 0.568. The van der Waals surface area contributed by atoms with Gasteiger partial charge in [0.25, 0.3) is 0 Å². The van der Waals surface area contributed by atoms with Gasteiger partial charge in [-0.3, -0.25) is 0 Å². The van der Waals surface area contributed by atoms with Gasteiger partial charge in [-0.15, -0.1) is 0 Å². The first-order chi connectivity index (χ1) is 9.81. The van der Waals surface area contributed by atoms with Gasteiger partial charge in [0, 0.05) is 17.3 Å². The maximum atomic E-state index is 5.19. The molecule has 20 heavy (non-hydrogen) atoms. The zero-order valence-electron chi connectivity index (χ0n) is 11.3. The highest BCUT2D eigenvalue weighted by molar-refractivity contribution is 5.62. The molecule has 1 fully saturated rings. The highest BCUT2D eigenvalue weighted by atomic mass is 16.3. The van der Waals surface area contributed by atoms with Gasteiger partial charge < -0.3 is 9.73 Å². The number of rotatable bonds is 2. The van der Waals surface area contributed by atoms with Crippen LogP contribution in [0, 0.1) is 6.92 Å². The molecule has 4 rings (SSSR count). The van der Waals surface area contributed by atoms with Gasteiger partial charge in [0.05, 0.1) is 30.0 Å². The van der Waals surface area contributed by atoms with Gasteiger partial charge in [0.2, 0.25) is 0 Å². The Morgan fingerprint density at radius 2 is 2.35 bits per heavy atom. The minimum atomic E-state index is 0.356. The van der Waals surface area contributed by atoms with Crippen LogP contribution in [-0.4, -0.2) is 21.1 Å². The van der Waals surface area contributed by atoms with Crippen LogP contribution in [-0.2, 0) is 0 Å². The van der Waals surface area contributed by atoms with Crippen molar-refractivity contribution >= 4 is 5.65 Å². The number of fused-ring (bicyclic) bond motifs is 1. The topological polar surface area (TPSA) is 55.4 Å². The summed E-state index contributed by atoms with van der Waals surface area (Å²) in [7, 11) is 0. The summed E-state index contributed by atoms with van der Waals surface area (Å²) in [5.41, 5.74) is 5.00. The number of hydrogen-bond acceptors (Lipinski definition) is 4. The smallest absolute Gasteiger partial charge is 0.156 e. The second-order valence-corrected chi connectivity index (χ2v) is 5.28. The Morgan fingerprint density at radius 1 is 1.40 bits per heavy atom. The summed E-state index contributed by atoms with van der Waals surface area (Å²) < 4.78 is 7.10. The van der Waals surface area contributed by atoms with Crippen molar-refractivity contribution in [3.63, 3.8) is 0 Å². The van der Waals surface area contributed by atoms with E-state index >= 15 is 0 Å². The predicted octanol–water partition coefficient (Wildman–Crippen LogP) is 2.72. The quantitative estimate of drug-likeness (QED) is 0.776. The van der Waals surface area contributed by atoms with Crippen molar-refractivity contribution in [2.45, 2.75) is 25.8 Å². The highest BCUT2D eigenvalue weighted by Crippen LogP contribution is 2.26. The van der Waals surface area contributed by atoms with E-state index < -0.39 is 0 Å². The summed E-state index contributed by atoms with van der Waals surface area (Å²) in [5, 5.41) is 8.22. The number of nitrogens with one attached hydrogen (secondary N) is 1. The van der Waals surface area contributed by atoms with Crippen LogP contribution in [0.15, 0.2) is 35.1 Å². The summed E-state index contributed by atoms with van der Waals surface area (Å²) >= 11 is 0. The lowest BCUT2D eigenvalue weighted by Gasteiger charge is -2.05. The van der Waals surface area contributed by atoms with E-state index in [0.717, 1.165) is 41.3 Å². The van der Waals surface area contributed by atoms with Crippen LogP contribution in [0.1, 0.15) is 30.3 Å². The molecule has 1 saturated heterocycles. The lowest BCUT2D eigenvalue weighted by Crippen LogP contribution is -2.13. The molecule has 0 bridgehead atoms. The molecule has 0 radical (unpaired) electrons. The van der Waals surface area contributed by atoms with Crippen molar-refractivity contribution in [3.8, 4) is 11.3 Å². The maximum Gasteiger partial charge on any atom is 0.156 e. The average molecular weight is 268 g/mol. The Bertz CT molecular complexity index is 739. The van der Waals surface area contributed by atoms with Crippen LogP contribution in [0.25, 0.3) is 16.9 Å². The molecule has 0 amide bonds. The van der Waals surface area contributed by atoms with Gasteiger partial charge in [0.1, 0.15) is 0 Å². The molecule has 0 spiro atoms.